The Hall–Kier alpha value is -1.16. The number of hydrogen-bond acceptors (Lipinski definition) is 3. The number of thioether (sulfide) groups is 1. The van der Waals surface area contributed by atoms with Crippen molar-refractivity contribution in [1.82, 2.24) is 0 Å². The Kier molecular flexibility index (Phi) is 3.94. The van der Waals surface area contributed by atoms with Crippen molar-refractivity contribution in [2.24, 2.45) is 0 Å². The summed E-state index contributed by atoms with van der Waals surface area (Å²) in [6.45, 7) is 0. The van der Waals surface area contributed by atoms with Gasteiger partial charge in [0.2, 0.25) is 0 Å². The Labute approximate surface area is 105 Å². The van der Waals surface area contributed by atoms with Crippen LogP contribution >= 0.6 is 11.8 Å². The van der Waals surface area contributed by atoms with E-state index >= 15 is 0 Å². The molecule has 0 radical (unpaired) electrons. The fourth-order valence-corrected chi connectivity index (χ4v) is 3.54. The van der Waals surface area contributed by atoms with Gasteiger partial charge in [0.1, 0.15) is 0 Å². The van der Waals surface area contributed by atoms with Gasteiger partial charge in [0.15, 0.2) is 0 Å². The zero-order valence-electron chi connectivity index (χ0n) is 9.69. The maximum absolute atomic E-state index is 10.9. The van der Waals surface area contributed by atoms with Crippen LogP contribution in [0.25, 0.3) is 0 Å². The molecule has 0 amide bonds. The third-order valence-corrected chi connectivity index (χ3v) is 4.34. The number of nitrogen functional groups attached to an aromatic ring is 1. The molecule has 0 bridgehead atoms. The van der Waals surface area contributed by atoms with Gasteiger partial charge in [0.25, 0.3) is 0 Å². The lowest BCUT2D eigenvalue weighted by atomic mass is 10.0. The Morgan fingerprint density at radius 1 is 1.24 bits per heavy atom. The molecule has 4 heteroatoms. The third kappa shape index (κ3) is 3.40. The Bertz CT molecular complexity index is 414. The van der Waals surface area contributed by atoms with Crippen LogP contribution in [-0.2, 0) is 0 Å². The van der Waals surface area contributed by atoms with E-state index in [1.807, 2.05) is 6.07 Å². The molecule has 0 spiro atoms. The summed E-state index contributed by atoms with van der Waals surface area (Å²) in [7, 11) is 0. The molecule has 92 valence electrons. The Morgan fingerprint density at radius 3 is 2.59 bits per heavy atom. The van der Waals surface area contributed by atoms with Gasteiger partial charge in [0.05, 0.1) is 5.56 Å². The molecule has 0 aromatic heterocycles. The number of anilines is 1. The first kappa shape index (κ1) is 12.3. The molecule has 17 heavy (non-hydrogen) atoms. The van der Waals surface area contributed by atoms with E-state index in [1.165, 1.54) is 38.2 Å². The van der Waals surface area contributed by atoms with Crippen LogP contribution < -0.4 is 5.73 Å². The van der Waals surface area contributed by atoms with Crippen LogP contribution in [0, 0.1) is 0 Å². The molecule has 3 nitrogen and oxygen atoms in total. The SMILES string of the molecule is Nc1cc(SC2CCCCC2)cc(C(=O)O)c1. The number of benzene rings is 1. The van der Waals surface area contributed by atoms with Crippen LogP contribution in [0.5, 0.6) is 0 Å². The molecular weight excluding hydrogens is 234 g/mol. The molecular formula is C13H17NO2S. The zero-order valence-corrected chi connectivity index (χ0v) is 10.5. The summed E-state index contributed by atoms with van der Waals surface area (Å²) >= 11 is 1.77. The van der Waals surface area contributed by atoms with Gasteiger partial charge in [-0.3, -0.25) is 0 Å². The maximum Gasteiger partial charge on any atom is 0.335 e. The van der Waals surface area contributed by atoms with Gasteiger partial charge in [-0.25, -0.2) is 4.79 Å². The molecule has 1 aliphatic carbocycles. The lowest BCUT2D eigenvalue weighted by molar-refractivity contribution is 0.0696. The monoisotopic (exact) mass is 251 g/mol. The highest BCUT2D eigenvalue weighted by molar-refractivity contribution is 8.00. The predicted octanol–water partition coefficient (Wildman–Crippen LogP) is 3.39. The van der Waals surface area contributed by atoms with E-state index in [0.717, 1.165) is 4.90 Å². The summed E-state index contributed by atoms with van der Waals surface area (Å²) in [4.78, 5) is 11.9. The molecule has 0 saturated heterocycles. The van der Waals surface area contributed by atoms with Crippen molar-refractivity contribution in [1.29, 1.82) is 0 Å². The quantitative estimate of drug-likeness (QED) is 0.808. The van der Waals surface area contributed by atoms with Crippen molar-refractivity contribution < 1.29 is 9.90 Å². The zero-order chi connectivity index (χ0) is 12.3. The van der Waals surface area contributed by atoms with E-state index in [2.05, 4.69) is 0 Å². The van der Waals surface area contributed by atoms with Gasteiger partial charge >= 0.3 is 5.97 Å². The minimum Gasteiger partial charge on any atom is -0.478 e. The number of carboxylic acids is 1. The smallest absolute Gasteiger partial charge is 0.335 e. The summed E-state index contributed by atoms with van der Waals surface area (Å²) in [5.41, 5.74) is 6.54. The van der Waals surface area contributed by atoms with Gasteiger partial charge in [0, 0.05) is 15.8 Å². The fourth-order valence-electron chi connectivity index (χ4n) is 2.19. The molecule has 1 aromatic rings. The van der Waals surface area contributed by atoms with E-state index in [1.54, 1.807) is 17.8 Å². The second kappa shape index (κ2) is 5.45. The molecule has 0 unspecified atom stereocenters. The van der Waals surface area contributed by atoms with Gasteiger partial charge < -0.3 is 10.8 Å². The summed E-state index contributed by atoms with van der Waals surface area (Å²) in [5, 5.41) is 9.59. The molecule has 0 atom stereocenters. The van der Waals surface area contributed by atoms with E-state index < -0.39 is 5.97 Å². The van der Waals surface area contributed by atoms with Crippen LogP contribution in [0.15, 0.2) is 23.1 Å². The molecule has 1 aliphatic rings. The molecule has 1 saturated carbocycles. The first-order valence-electron chi connectivity index (χ1n) is 5.95. The van der Waals surface area contributed by atoms with E-state index in [4.69, 9.17) is 10.8 Å². The van der Waals surface area contributed by atoms with Gasteiger partial charge in [-0.05, 0) is 31.0 Å². The van der Waals surface area contributed by atoms with Gasteiger partial charge in [-0.2, -0.15) is 0 Å². The topological polar surface area (TPSA) is 63.3 Å². The summed E-state index contributed by atoms with van der Waals surface area (Å²) in [6.07, 6.45) is 6.34. The van der Waals surface area contributed by atoms with Gasteiger partial charge in [-0.1, -0.05) is 19.3 Å². The number of rotatable bonds is 3. The minimum atomic E-state index is -0.914. The molecule has 1 fully saturated rings. The standard InChI is InChI=1S/C13H17NO2S/c14-10-6-9(13(15)16)7-12(8-10)17-11-4-2-1-3-5-11/h6-8,11H,1-5,14H2,(H,15,16). The van der Waals surface area contributed by atoms with Gasteiger partial charge in [-0.15, -0.1) is 11.8 Å². The highest BCUT2D eigenvalue weighted by Crippen LogP contribution is 2.34. The molecule has 0 aliphatic heterocycles. The van der Waals surface area contributed by atoms with Crippen molar-refractivity contribution in [2.45, 2.75) is 42.2 Å². The van der Waals surface area contributed by atoms with Crippen molar-refractivity contribution >= 4 is 23.4 Å². The van der Waals surface area contributed by atoms with Crippen molar-refractivity contribution in [3.8, 4) is 0 Å². The highest BCUT2D eigenvalue weighted by atomic mass is 32.2. The van der Waals surface area contributed by atoms with Crippen LogP contribution in [0.1, 0.15) is 42.5 Å². The average molecular weight is 251 g/mol. The van der Waals surface area contributed by atoms with E-state index in [0.29, 0.717) is 10.9 Å². The first-order valence-corrected chi connectivity index (χ1v) is 6.83. The van der Waals surface area contributed by atoms with Crippen molar-refractivity contribution in [2.75, 3.05) is 5.73 Å². The normalized spacial score (nSPS) is 16.9. The highest BCUT2D eigenvalue weighted by Gasteiger charge is 2.15. The predicted molar refractivity (Wildman–Crippen MR) is 70.5 cm³/mol. The average Bonchev–Trinajstić information content (AvgIpc) is 2.29. The molecule has 0 heterocycles. The minimum absolute atomic E-state index is 0.281. The van der Waals surface area contributed by atoms with E-state index in [9.17, 15) is 4.79 Å². The second-order valence-corrected chi connectivity index (χ2v) is 5.85. The second-order valence-electron chi connectivity index (χ2n) is 4.47. The number of nitrogens with two attached hydrogens (primary N) is 1. The van der Waals surface area contributed by atoms with Crippen LogP contribution in [0.3, 0.4) is 0 Å². The largest absolute Gasteiger partial charge is 0.478 e. The first-order chi connectivity index (χ1) is 8.15. The number of aromatic carboxylic acids is 1. The van der Waals surface area contributed by atoms with Crippen LogP contribution in [0.4, 0.5) is 5.69 Å². The third-order valence-electron chi connectivity index (χ3n) is 3.03. The maximum atomic E-state index is 10.9. The molecule has 2 rings (SSSR count). The lowest BCUT2D eigenvalue weighted by Gasteiger charge is -2.21. The van der Waals surface area contributed by atoms with Crippen LogP contribution in [0.2, 0.25) is 0 Å². The van der Waals surface area contributed by atoms with Crippen molar-refractivity contribution in [3.05, 3.63) is 23.8 Å². The number of carboxylic acid groups (broad SMARTS) is 1. The summed E-state index contributed by atoms with van der Waals surface area (Å²) < 4.78 is 0. The lowest BCUT2D eigenvalue weighted by Crippen LogP contribution is -2.08. The molecule has 3 N–H and O–H groups in total. The van der Waals surface area contributed by atoms with E-state index in [-0.39, 0.29) is 5.56 Å². The van der Waals surface area contributed by atoms with Crippen LogP contribution in [-0.4, -0.2) is 16.3 Å². The molecule has 1 aromatic carbocycles. The number of carbonyl (C=O) groups is 1. The van der Waals surface area contributed by atoms with Crippen molar-refractivity contribution in [3.63, 3.8) is 0 Å². The summed E-state index contributed by atoms with van der Waals surface area (Å²) in [6, 6.07) is 5.09. The Morgan fingerprint density at radius 2 is 1.94 bits per heavy atom. The fraction of sp³-hybridized carbons (Fsp3) is 0.462. The number of hydrogen-bond donors (Lipinski definition) is 2. The Balaban J connectivity index is 2.11. The summed E-state index contributed by atoms with van der Waals surface area (Å²) in [5.74, 6) is -0.914.